The number of hydrogen-bond acceptors (Lipinski definition) is 5. The summed E-state index contributed by atoms with van der Waals surface area (Å²) in [5, 5.41) is -0.725. The zero-order valence-electron chi connectivity index (χ0n) is 16.5. The number of sulfone groups is 1. The Bertz CT molecular complexity index is 1220. The van der Waals surface area contributed by atoms with Gasteiger partial charge in [0.2, 0.25) is 9.84 Å². The molecule has 0 saturated heterocycles. The molecule has 0 aliphatic heterocycles. The van der Waals surface area contributed by atoms with Crippen molar-refractivity contribution in [2.24, 2.45) is 0 Å². The van der Waals surface area contributed by atoms with Gasteiger partial charge in [-0.05, 0) is 48.5 Å². The third-order valence-corrected chi connectivity index (χ3v) is 6.71. The average molecular weight is 507 g/mol. The second kappa shape index (κ2) is 9.09. The van der Waals surface area contributed by atoms with Gasteiger partial charge in [-0.1, -0.05) is 23.2 Å². The Labute approximate surface area is 192 Å². The number of benzene rings is 3. The summed E-state index contributed by atoms with van der Waals surface area (Å²) in [4.78, 5) is -0.124. The van der Waals surface area contributed by atoms with E-state index in [9.17, 15) is 21.6 Å². The minimum absolute atomic E-state index is 0.0131. The molecule has 0 unspecified atom stereocenters. The van der Waals surface area contributed by atoms with E-state index in [0.29, 0.717) is 17.9 Å². The van der Waals surface area contributed by atoms with E-state index in [1.807, 2.05) is 0 Å². The second-order valence-corrected chi connectivity index (χ2v) is 9.09. The lowest BCUT2D eigenvalue weighted by Gasteiger charge is -2.15. The fourth-order valence-corrected chi connectivity index (χ4v) is 4.72. The van der Waals surface area contributed by atoms with Gasteiger partial charge in [0.1, 0.15) is 22.1 Å². The fourth-order valence-electron chi connectivity index (χ4n) is 2.75. The molecule has 5 nitrogen and oxygen atoms in total. The molecule has 0 radical (unpaired) electrons. The Morgan fingerprint density at radius 2 is 1.38 bits per heavy atom. The summed E-state index contributed by atoms with van der Waals surface area (Å²) >= 11 is 11.9. The fraction of sp³-hybridized carbons (Fsp3) is 0.143. The lowest BCUT2D eigenvalue weighted by Crippen LogP contribution is -2.05. The van der Waals surface area contributed by atoms with Crippen LogP contribution in [0.15, 0.2) is 64.4 Å². The standard InChI is InChI=1S/C21H15Cl2F3O5S/c1-29-13-3-6-15(7-4-13)32(27,28)19-8-5-14(11-18(19)30-2)31-20-16(22)9-12(10-17(20)23)21(24,25)26/h3-11H,1-2H3. The molecule has 11 heteroatoms. The molecule has 0 aromatic heterocycles. The van der Waals surface area contributed by atoms with Crippen molar-refractivity contribution in [1.82, 2.24) is 0 Å². The summed E-state index contributed by atoms with van der Waals surface area (Å²) in [5.41, 5.74) is -1.03. The molecule has 170 valence electrons. The smallest absolute Gasteiger partial charge is 0.416 e. The zero-order chi connectivity index (χ0) is 23.7. The molecule has 3 aromatic carbocycles. The Balaban J connectivity index is 1.97. The molecule has 0 heterocycles. The molecule has 0 atom stereocenters. The third-order valence-electron chi connectivity index (χ3n) is 4.34. The topological polar surface area (TPSA) is 61.8 Å². The quantitative estimate of drug-likeness (QED) is 0.374. The van der Waals surface area contributed by atoms with Crippen LogP contribution >= 0.6 is 23.2 Å². The van der Waals surface area contributed by atoms with Crippen molar-refractivity contribution in [1.29, 1.82) is 0 Å². The highest BCUT2D eigenvalue weighted by atomic mass is 35.5. The average Bonchev–Trinajstić information content (AvgIpc) is 2.75. The van der Waals surface area contributed by atoms with E-state index in [2.05, 4.69) is 0 Å². The van der Waals surface area contributed by atoms with Gasteiger partial charge in [-0.2, -0.15) is 13.2 Å². The van der Waals surface area contributed by atoms with Crippen LogP contribution < -0.4 is 14.2 Å². The van der Waals surface area contributed by atoms with Crippen LogP contribution in [0, 0.1) is 0 Å². The van der Waals surface area contributed by atoms with E-state index in [-0.39, 0.29) is 37.1 Å². The first-order valence-electron chi connectivity index (χ1n) is 8.78. The minimum atomic E-state index is -4.63. The lowest BCUT2D eigenvalue weighted by atomic mass is 10.2. The van der Waals surface area contributed by atoms with Crippen LogP contribution in [0.25, 0.3) is 0 Å². The lowest BCUT2D eigenvalue weighted by molar-refractivity contribution is -0.137. The zero-order valence-corrected chi connectivity index (χ0v) is 18.9. The van der Waals surface area contributed by atoms with Crippen molar-refractivity contribution in [2.45, 2.75) is 16.0 Å². The van der Waals surface area contributed by atoms with Gasteiger partial charge in [0.25, 0.3) is 0 Å². The molecule has 0 aliphatic rings. The Hall–Kier alpha value is -2.62. The van der Waals surface area contributed by atoms with Crippen molar-refractivity contribution in [3.63, 3.8) is 0 Å². The Kier molecular flexibility index (Phi) is 6.83. The van der Waals surface area contributed by atoms with Crippen LogP contribution in [0.2, 0.25) is 10.0 Å². The first kappa shape index (κ1) is 24.0. The van der Waals surface area contributed by atoms with E-state index >= 15 is 0 Å². The summed E-state index contributed by atoms with van der Waals surface area (Å²) < 4.78 is 80.5. The van der Waals surface area contributed by atoms with Gasteiger partial charge in [0.05, 0.1) is 34.7 Å². The van der Waals surface area contributed by atoms with Crippen LogP contribution in [0.4, 0.5) is 13.2 Å². The molecule has 3 aromatic rings. The van der Waals surface area contributed by atoms with Gasteiger partial charge < -0.3 is 14.2 Å². The summed E-state index contributed by atoms with van der Waals surface area (Å²) in [6.07, 6.45) is -4.63. The van der Waals surface area contributed by atoms with E-state index in [1.165, 1.54) is 56.7 Å². The minimum Gasteiger partial charge on any atom is -0.497 e. The van der Waals surface area contributed by atoms with Gasteiger partial charge >= 0.3 is 6.18 Å². The monoisotopic (exact) mass is 506 g/mol. The molecular formula is C21H15Cl2F3O5S. The van der Waals surface area contributed by atoms with Crippen molar-refractivity contribution < 1.29 is 35.8 Å². The number of ether oxygens (including phenoxy) is 3. The van der Waals surface area contributed by atoms with Gasteiger partial charge in [0.15, 0.2) is 5.75 Å². The van der Waals surface area contributed by atoms with Crippen molar-refractivity contribution in [3.8, 4) is 23.0 Å². The van der Waals surface area contributed by atoms with Crippen LogP contribution in [0.5, 0.6) is 23.0 Å². The third kappa shape index (κ3) is 4.90. The van der Waals surface area contributed by atoms with Gasteiger partial charge in [-0.15, -0.1) is 0 Å². The first-order chi connectivity index (χ1) is 15.0. The summed E-state index contributed by atoms with van der Waals surface area (Å²) in [5.74, 6) is 0.288. The van der Waals surface area contributed by atoms with Gasteiger partial charge in [-0.25, -0.2) is 8.42 Å². The molecule has 0 spiro atoms. The highest BCUT2D eigenvalue weighted by Crippen LogP contribution is 2.43. The summed E-state index contributed by atoms with van der Waals surface area (Å²) in [7, 11) is -1.22. The number of hydrogen-bond donors (Lipinski definition) is 0. The highest BCUT2D eigenvalue weighted by Gasteiger charge is 2.32. The summed E-state index contributed by atoms with van der Waals surface area (Å²) in [6.45, 7) is 0. The first-order valence-corrected chi connectivity index (χ1v) is 11.0. The van der Waals surface area contributed by atoms with E-state index in [1.54, 1.807) is 0 Å². The normalized spacial score (nSPS) is 11.8. The maximum Gasteiger partial charge on any atom is 0.416 e. The van der Waals surface area contributed by atoms with Crippen molar-refractivity contribution in [2.75, 3.05) is 14.2 Å². The Morgan fingerprint density at radius 1 is 0.812 bits per heavy atom. The molecule has 0 bridgehead atoms. The SMILES string of the molecule is COc1ccc(S(=O)(=O)c2ccc(Oc3c(Cl)cc(C(F)(F)F)cc3Cl)cc2OC)cc1. The number of alkyl halides is 3. The molecular weight excluding hydrogens is 492 g/mol. The largest absolute Gasteiger partial charge is 0.497 e. The molecule has 0 saturated carbocycles. The van der Waals surface area contributed by atoms with E-state index in [4.69, 9.17) is 37.4 Å². The molecule has 0 N–H and O–H groups in total. The van der Waals surface area contributed by atoms with Crippen molar-refractivity contribution >= 4 is 33.0 Å². The summed E-state index contributed by atoms with van der Waals surface area (Å²) in [6, 6.07) is 11.0. The van der Waals surface area contributed by atoms with Crippen LogP contribution in [0.3, 0.4) is 0 Å². The van der Waals surface area contributed by atoms with Crippen molar-refractivity contribution in [3.05, 3.63) is 70.2 Å². The molecule has 0 fully saturated rings. The molecule has 32 heavy (non-hydrogen) atoms. The second-order valence-electron chi connectivity index (χ2n) is 6.36. The van der Waals surface area contributed by atoms with E-state index < -0.39 is 21.6 Å². The predicted molar refractivity (Wildman–Crippen MR) is 113 cm³/mol. The van der Waals surface area contributed by atoms with Crippen LogP contribution in [-0.4, -0.2) is 22.6 Å². The maximum absolute atomic E-state index is 13.0. The van der Waals surface area contributed by atoms with Gasteiger partial charge in [-0.3, -0.25) is 0 Å². The van der Waals surface area contributed by atoms with E-state index in [0.717, 1.165) is 0 Å². The van der Waals surface area contributed by atoms with Gasteiger partial charge in [0, 0.05) is 6.07 Å². The predicted octanol–water partition coefficient (Wildman–Crippen LogP) is 6.65. The van der Waals surface area contributed by atoms with Crippen LogP contribution in [0.1, 0.15) is 5.56 Å². The van der Waals surface area contributed by atoms with Crippen LogP contribution in [-0.2, 0) is 16.0 Å². The number of rotatable bonds is 6. The number of halogens is 5. The molecule has 3 rings (SSSR count). The highest BCUT2D eigenvalue weighted by molar-refractivity contribution is 7.91. The number of methoxy groups -OCH3 is 2. The Morgan fingerprint density at radius 3 is 1.88 bits per heavy atom. The molecule has 0 aliphatic carbocycles. The maximum atomic E-state index is 13.0. The molecule has 0 amide bonds.